The zero-order valence-electron chi connectivity index (χ0n) is 10.7. The standard InChI is InChI=1S/C15H20N2O/c1-4-14-13(3-2-8-16-14)15(5-1)17-9-11-6-7-12(10-17)18-11/h1,4-5,11-12,16H,2-3,6-10H2. The van der Waals surface area contributed by atoms with E-state index in [-0.39, 0.29) is 0 Å². The number of ether oxygens (including phenoxy) is 1. The maximum Gasteiger partial charge on any atom is 0.0755 e. The average molecular weight is 244 g/mol. The number of benzene rings is 1. The molecule has 0 amide bonds. The summed E-state index contributed by atoms with van der Waals surface area (Å²) in [6, 6.07) is 6.69. The highest BCUT2D eigenvalue weighted by Crippen LogP contribution is 2.35. The second-order valence-corrected chi connectivity index (χ2v) is 5.70. The molecule has 2 unspecified atom stereocenters. The third kappa shape index (κ3) is 1.69. The van der Waals surface area contributed by atoms with Gasteiger partial charge in [-0.1, -0.05) is 6.07 Å². The number of nitrogens with one attached hydrogen (secondary N) is 1. The summed E-state index contributed by atoms with van der Waals surface area (Å²) in [6.07, 6.45) is 5.89. The zero-order valence-corrected chi connectivity index (χ0v) is 10.7. The number of fused-ring (bicyclic) bond motifs is 3. The van der Waals surface area contributed by atoms with Gasteiger partial charge in [0.2, 0.25) is 0 Å². The van der Waals surface area contributed by atoms with E-state index in [1.54, 1.807) is 0 Å². The van der Waals surface area contributed by atoms with Gasteiger partial charge in [0.25, 0.3) is 0 Å². The van der Waals surface area contributed by atoms with E-state index in [2.05, 4.69) is 28.4 Å². The molecule has 2 fully saturated rings. The first-order valence-electron chi connectivity index (χ1n) is 7.16. The number of morpholine rings is 1. The molecule has 2 saturated heterocycles. The van der Waals surface area contributed by atoms with Crippen LogP contribution in [0.2, 0.25) is 0 Å². The van der Waals surface area contributed by atoms with Gasteiger partial charge in [0.1, 0.15) is 0 Å². The second kappa shape index (κ2) is 4.16. The van der Waals surface area contributed by atoms with E-state index in [0.717, 1.165) is 19.6 Å². The molecule has 0 aliphatic carbocycles. The van der Waals surface area contributed by atoms with Crippen LogP contribution >= 0.6 is 0 Å². The van der Waals surface area contributed by atoms with E-state index < -0.39 is 0 Å². The Kier molecular flexibility index (Phi) is 2.47. The lowest BCUT2D eigenvalue weighted by atomic mass is 10.00. The fourth-order valence-electron chi connectivity index (χ4n) is 3.60. The summed E-state index contributed by atoms with van der Waals surface area (Å²) < 4.78 is 5.94. The molecule has 3 aliphatic rings. The van der Waals surface area contributed by atoms with Crippen LogP contribution in [-0.4, -0.2) is 31.8 Å². The molecule has 3 nitrogen and oxygen atoms in total. The van der Waals surface area contributed by atoms with Gasteiger partial charge in [-0.15, -0.1) is 0 Å². The van der Waals surface area contributed by atoms with Crippen LogP contribution in [0, 0.1) is 0 Å². The maximum absolute atomic E-state index is 5.94. The first-order valence-corrected chi connectivity index (χ1v) is 7.16. The SMILES string of the molecule is c1cc2c(c(N3CC4CCC(C3)O4)c1)CCCN2. The Labute approximate surface area is 108 Å². The van der Waals surface area contributed by atoms with Gasteiger partial charge in [0.15, 0.2) is 0 Å². The highest BCUT2D eigenvalue weighted by molar-refractivity contribution is 5.68. The third-order valence-electron chi connectivity index (χ3n) is 4.45. The van der Waals surface area contributed by atoms with Crippen molar-refractivity contribution >= 4 is 11.4 Å². The minimum Gasteiger partial charge on any atom is -0.385 e. The lowest BCUT2D eigenvalue weighted by Crippen LogP contribution is -2.43. The molecule has 4 rings (SSSR count). The van der Waals surface area contributed by atoms with Crippen molar-refractivity contribution in [1.29, 1.82) is 0 Å². The number of rotatable bonds is 1. The Hall–Kier alpha value is -1.22. The van der Waals surface area contributed by atoms with Gasteiger partial charge < -0.3 is 15.0 Å². The second-order valence-electron chi connectivity index (χ2n) is 5.70. The predicted octanol–water partition coefficient (Wildman–Crippen LogP) is 2.41. The largest absolute Gasteiger partial charge is 0.385 e. The van der Waals surface area contributed by atoms with Gasteiger partial charge in [-0.2, -0.15) is 0 Å². The molecule has 3 heterocycles. The predicted molar refractivity (Wildman–Crippen MR) is 73.4 cm³/mol. The van der Waals surface area contributed by atoms with Crippen molar-refractivity contribution in [2.45, 2.75) is 37.9 Å². The van der Waals surface area contributed by atoms with Crippen molar-refractivity contribution in [3.8, 4) is 0 Å². The van der Waals surface area contributed by atoms with Gasteiger partial charge in [-0.25, -0.2) is 0 Å². The number of hydrogen-bond acceptors (Lipinski definition) is 3. The van der Waals surface area contributed by atoms with Crippen LogP contribution < -0.4 is 10.2 Å². The Morgan fingerprint density at radius 2 is 2.00 bits per heavy atom. The summed E-state index contributed by atoms with van der Waals surface area (Å²) in [4.78, 5) is 2.55. The molecule has 2 bridgehead atoms. The summed E-state index contributed by atoms with van der Waals surface area (Å²) >= 11 is 0. The zero-order chi connectivity index (χ0) is 11.9. The molecule has 1 aromatic carbocycles. The Morgan fingerprint density at radius 3 is 2.83 bits per heavy atom. The quantitative estimate of drug-likeness (QED) is 0.821. The van der Waals surface area contributed by atoms with Gasteiger partial charge in [0.05, 0.1) is 12.2 Å². The van der Waals surface area contributed by atoms with Crippen molar-refractivity contribution in [2.75, 3.05) is 29.9 Å². The minimum atomic E-state index is 0.469. The number of anilines is 2. The van der Waals surface area contributed by atoms with Crippen LogP contribution in [0.1, 0.15) is 24.8 Å². The molecule has 1 N–H and O–H groups in total. The molecular weight excluding hydrogens is 224 g/mol. The third-order valence-corrected chi connectivity index (χ3v) is 4.45. The van der Waals surface area contributed by atoms with Crippen LogP contribution in [0.25, 0.3) is 0 Å². The van der Waals surface area contributed by atoms with Crippen LogP contribution in [0.15, 0.2) is 18.2 Å². The first kappa shape index (κ1) is 10.7. The Balaban J connectivity index is 1.68. The lowest BCUT2D eigenvalue weighted by molar-refractivity contribution is 0.0304. The fraction of sp³-hybridized carbons (Fsp3) is 0.600. The first-order chi connectivity index (χ1) is 8.90. The summed E-state index contributed by atoms with van der Waals surface area (Å²) in [5.41, 5.74) is 4.31. The lowest BCUT2D eigenvalue weighted by Gasteiger charge is -2.36. The molecule has 2 atom stereocenters. The van der Waals surface area contributed by atoms with Crippen LogP contribution in [0.4, 0.5) is 11.4 Å². The maximum atomic E-state index is 5.94. The molecule has 18 heavy (non-hydrogen) atoms. The Bertz CT molecular complexity index is 448. The van der Waals surface area contributed by atoms with Gasteiger partial charge in [-0.3, -0.25) is 0 Å². The van der Waals surface area contributed by atoms with E-state index in [1.165, 1.54) is 42.6 Å². The normalized spacial score (nSPS) is 29.9. The van der Waals surface area contributed by atoms with Crippen LogP contribution in [0.3, 0.4) is 0 Å². The van der Waals surface area contributed by atoms with Gasteiger partial charge >= 0.3 is 0 Å². The van der Waals surface area contributed by atoms with E-state index in [0.29, 0.717) is 12.2 Å². The van der Waals surface area contributed by atoms with Crippen molar-refractivity contribution < 1.29 is 4.74 Å². The van der Waals surface area contributed by atoms with Crippen molar-refractivity contribution in [1.82, 2.24) is 0 Å². The van der Waals surface area contributed by atoms with Crippen LogP contribution in [0.5, 0.6) is 0 Å². The molecule has 96 valence electrons. The summed E-state index contributed by atoms with van der Waals surface area (Å²) in [7, 11) is 0. The monoisotopic (exact) mass is 244 g/mol. The molecule has 0 radical (unpaired) electrons. The molecule has 3 aliphatic heterocycles. The Morgan fingerprint density at radius 1 is 1.17 bits per heavy atom. The summed E-state index contributed by atoms with van der Waals surface area (Å²) in [5, 5.41) is 3.52. The van der Waals surface area contributed by atoms with E-state index in [1.807, 2.05) is 0 Å². The van der Waals surface area contributed by atoms with Crippen molar-refractivity contribution in [2.24, 2.45) is 0 Å². The number of nitrogens with zero attached hydrogens (tertiary/aromatic N) is 1. The molecule has 0 saturated carbocycles. The van der Waals surface area contributed by atoms with Crippen LogP contribution in [-0.2, 0) is 11.2 Å². The highest BCUT2D eigenvalue weighted by Gasteiger charge is 2.34. The molecule has 3 heteroatoms. The fourth-order valence-corrected chi connectivity index (χ4v) is 3.60. The molecule has 1 aromatic rings. The number of hydrogen-bond donors (Lipinski definition) is 1. The minimum absolute atomic E-state index is 0.469. The average Bonchev–Trinajstić information content (AvgIpc) is 2.77. The highest BCUT2D eigenvalue weighted by atomic mass is 16.5. The van der Waals surface area contributed by atoms with Gasteiger partial charge in [-0.05, 0) is 43.4 Å². The smallest absolute Gasteiger partial charge is 0.0755 e. The van der Waals surface area contributed by atoms with Crippen molar-refractivity contribution in [3.05, 3.63) is 23.8 Å². The summed E-state index contributed by atoms with van der Waals surface area (Å²) in [6.45, 7) is 3.27. The molecule has 0 spiro atoms. The van der Waals surface area contributed by atoms with E-state index in [4.69, 9.17) is 4.74 Å². The molecule has 0 aromatic heterocycles. The summed E-state index contributed by atoms with van der Waals surface area (Å²) in [5.74, 6) is 0. The van der Waals surface area contributed by atoms with Gasteiger partial charge in [0, 0.05) is 31.0 Å². The topological polar surface area (TPSA) is 24.5 Å². The molecular formula is C15H20N2O. The van der Waals surface area contributed by atoms with E-state index >= 15 is 0 Å². The van der Waals surface area contributed by atoms with Crippen molar-refractivity contribution in [3.63, 3.8) is 0 Å². The van der Waals surface area contributed by atoms with E-state index in [9.17, 15) is 0 Å².